The quantitative estimate of drug-likeness (QED) is 0.430. The van der Waals surface area contributed by atoms with Gasteiger partial charge in [0.1, 0.15) is 0 Å². The lowest BCUT2D eigenvalue weighted by Gasteiger charge is -2.24. The average molecular weight is 300 g/mol. The maximum atomic E-state index is 12.2. The van der Waals surface area contributed by atoms with E-state index < -0.39 is 12.1 Å². The summed E-state index contributed by atoms with van der Waals surface area (Å²) in [4.78, 5) is 34.4. The minimum absolute atomic E-state index is 0.0465. The molecule has 7 nitrogen and oxygen atoms in total. The number of carbonyl (C=O) groups is 3. The maximum absolute atomic E-state index is 12.2. The van der Waals surface area contributed by atoms with Gasteiger partial charge >= 0.3 is 6.03 Å². The van der Waals surface area contributed by atoms with Crippen LogP contribution < -0.4 is 21.7 Å². The van der Waals surface area contributed by atoms with Crippen molar-refractivity contribution in [1.29, 1.82) is 0 Å². The van der Waals surface area contributed by atoms with Gasteiger partial charge in [0.05, 0.1) is 12.1 Å². The van der Waals surface area contributed by atoms with E-state index in [4.69, 9.17) is 5.73 Å². The van der Waals surface area contributed by atoms with Crippen LogP contribution in [0.5, 0.6) is 0 Å². The van der Waals surface area contributed by atoms with Crippen molar-refractivity contribution >= 4 is 17.7 Å². The molecule has 122 valence electrons. The second-order valence-corrected chi connectivity index (χ2v) is 5.38. The lowest BCUT2D eigenvalue weighted by atomic mass is 10.00. The van der Waals surface area contributed by atoms with Crippen LogP contribution in [0.1, 0.15) is 40.5 Å². The van der Waals surface area contributed by atoms with Gasteiger partial charge in [-0.25, -0.2) is 4.79 Å². The number of primary amides is 1. The first kappa shape index (κ1) is 19.4. The molecule has 0 saturated heterocycles. The number of hydrogen-bond donors (Lipinski definition) is 4. The fourth-order valence-corrected chi connectivity index (χ4v) is 2.08. The highest BCUT2D eigenvalue weighted by Gasteiger charge is 2.24. The van der Waals surface area contributed by atoms with E-state index in [0.29, 0.717) is 25.9 Å². The summed E-state index contributed by atoms with van der Waals surface area (Å²) >= 11 is 0. The van der Waals surface area contributed by atoms with Crippen molar-refractivity contribution in [3.8, 4) is 0 Å². The van der Waals surface area contributed by atoms with Crippen molar-refractivity contribution in [3.63, 3.8) is 0 Å². The highest BCUT2D eigenvalue weighted by Crippen LogP contribution is 2.05. The highest BCUT2D eigenvalue weighted by atomic mass is 16.2. The summed E-state index contributed by atoms with van der Waals surface area (Å²) in [6.45, 7) is 8.24. The van der Waals surface area contributed by atoms with Crippen LogP contribution in [0.15, 0.2) is 0 Å². The summed E-state index contributed by atoms with van der Waals surface area (Å²) < 4.78 is 0. The lowest BCUT2D eigenvalue weighted by molar-refractivity contribution is -0.129. The Labute approximate surface area is 126 Å². The van der Waals surface area contributed by atoms with Gasteiger partial charge in [-0.2, -0.15) is 0 Å². The van der Waals surface area contributed by atoms with E-state index in [0.717, 1.165) is 0 Å². The number of nitrogens with two attached hydrogens (primary N) is 1. The van der Waals surface area contributed by atoms with E-state index in [2.05, 4.69) is 16.0 Å². The molecule has 0 saturated carbocycles. The number of urea groups is 1. The summed E-state index contributed by atoms with van der Waals surface area (Å²) in [5.41, 5.74) is 4.98. The molecular formula is C14H28N4O3. The van der Waals surface area contributed by atoms with Gasteiger partial charge < -0.3 is 21.7 Å². The molecule has 0 bridgehead atoms. The average Bonchev–Trinajstić information content (AvgIpc) is 2.38. The number of carbonyl (C=O) groups excluding carboxylic acids is 3. The third-order valence-electron chi connectivity index (χ3n) is 3.14. The standard InChI is InChI=1S/C14H28N4O3/c1-5-16-11(7-6-8-17-14(15)21)13(20)18-12(9(2)3)10(4)19/h9,11-12,16H,5-8H2,1-4H3,(H,18,20)(H3,15,17,21)/t11-,12-/m0/s1. The SMILES string of the molecule is CCN[C@@H](CCCNC(N)=O)C(=O)N[C@H](C(C)=O)C(C)C. The molecule has 0 spiro atoms. The number of likely N-dealkylation sites (N-methyl/N-ethyl adjacent to an activating group) is 1. The fraction of sp³-hybridized carbons (Fsp3) is 0.786. The van der Waals surface area contributed by atoms with E-state index in [9.17, 15) is 14.4 Å². The minimum Gasteiger partial charge on any atom is -0.352 e. The Morgan fingerprint density at radius 3 is 2.24 bits per heavy atom. The van der Waals surface area contributed by atoms with Crippen LogP contribution >= 0.6 is 0 Å². The number of rotatable bonds is 10. The van der Waals surface area contributed by atoms with Crippen LogP contribution in [0.2, 0.25) is 0 Å². The van der Waals surface area contributed by atoms with Gasteiger partial charge in [0, 0.05) is 6.54 Å². The van der Waals surface area contributed by atoms with Crippen LogP contribution in [0, 0.1) is 5.92 Å². The third-order valence-corrected chi connectivity index (χ3v) is 3.14. The van der Waals surface area contributed by atoms with Gasteiger partial charge in [-0.1, -0.05) is 20.8 Å². The predicted molar refractivity (Wildman–Crippen MR) is 81.7 cm³/mol. The molecule has 0 aromatic rings. The minimum atomic E-state index is -0.573. The zero-order chi connectivity index (χ0) is 16.4. The van der Waals surface area contributed by atoms with Gasteiger partial charge in [0.2, 0.25) is 5.91 Å². The van der Waals surface area contributed by atoms with Gasteiger partial charge in [-0.3, -0.25) is 9.59 Å². The number of ketones is 1. The monoisotopic (exact) mass is 300 g/mol. The molecule has 0 aromatic heterocycles. The number of amides is 3. The fourth-order valence-electron chi connectivity index (χ4n) is 2.08. The molecule has 0 aliphatic carbocycles. The Morgan fingerprint density at radius 1 is 1.19 bits per heavy atom. The van der Waals surface area contributed by atoms with E-state index in [1.165, 1.54) is 6.92 Å². The van der Waals surface area contributed by atoms with Gasteiger partial charge in [0.25, 0.3) is 0 Å². The second kappa shape index (κ2) is 10.1. The molecule has 0 aliphatic heterocycles. The van der Waals surface area contributed by atoms with E-state index in [1.807, 2.05) is 20.8 Å². The Kier molecular flexibility index (Phi) is 9.36. The molecule has 0 rings (SSSR count). The maximum Gasteiger partial charge on any atom is 0.312 e. The molecule has 0 fully saturated rings. The Morgan fingerprint density at radius 2 is 1.81 bits per heavy atom. The number of Topliss-reactive ketones (excluding diaryl/α,β-unsaturated/α-hetero) is 1. The Hall–Kier alpha value is -1.63. The summed E-state index contributed by atoms with van der Waals surface area (Å²) in [6, 6.07) is -1.43. The first-order valence-electron chi connectivity index (χ1n) is 7.37. The second-order valence-electron chi connectivity index (χ2n) is 5.38. The first-order valence-corrected chi connectivity index (χ1v) is 7.37. The van der Waals surface area contributed by atoms with Crippen molar-refractivity contribution in [1.82, 2.24) is 16.0 Å². The van der Waals surface area contributed by atoms with Crippen molar-refractivity contribution < 1.29 is 14.4 Å². The number of hydrogen-bond acceptors (Lipinski definition) is 4. The molecule has 5 N–H and O–H groups in total. The molecule has 21 heavy (non-hydrogen) atoms. The van der Waals surface area contributed by atoms with Crippen molar-refractivity contribution in [2.45, 2.75) is 52.6 Å². The molecule has 0 aromatic carbocycles. The molecule has 3 amide bonds. The lowest BCUT2D eigenvalue weighted by Crippen LogP contribution is -2.51. The highest BCUT2D eigenvalue weighted by molar-refractivity contribution is 5.89. The molecule has 7 heteroatoms. The molecule has 0 aliphatic rings. The zero-order valence-corrected chi connectivity index (χ0v) is 13.4. The van der Waals surface area contributed by atoms with Crippen LogP contribution in [0.4, 0.5) is 4.79 Å². The van der Waals surface area contributed by atoms with Gasteiger partial charge in [-0.15, -0.1) is 0 Å². The summed E-state index contributed by atoms with van der Waals surface area (Å²) in [6.07, 6.45) is 1.18. The predicted octanol–water partition coefficient (Wildman–Crippen LogP) is 0.143. The zero-order valence-electron chi connectivity index (χ0n) is 13.4. The Balaban J connectivity index is 4.45. The first-order chi connectivity index (χ1) is 9.79. The van der Waals surface area contributed by atoms with Crippen molar-refractivity contribution in [2.75, 3.05) is 13.1 Å². The van der Waals surface area contributed by atoms with E-state index in [1.54, 1.807) is 0 Å². The van der Waals surface area contributed by atoms with Crippen LogP contribution in [-0.4, -0.2) is 42.9 Å². The van der Waals surface area contributed by atoms with Gasteiger partial charge in [-0.05, 0) is 32.2 Å². The molecule has 0 heterocycles. The molecule has 2 atom stereocenters. The normalized spacial score (nSPS) is 13.6. The summed E-state index contributed by atoms with van der Waals surface area (Å²) in [5.74, 6) is -0.195. The van der Waals surface area contributed by atoms with E-state index in [-0.39, 0.29) is 23.7 Å². The van der Waals surface area contributed by atoms with Crippen molar-refractivity contribution in [3.05, 3.63) is 0 Å². The van der Waals surface area contributed by atoms with Crippen LogP contribution in [0.3, 0.4) is 0 Å². The van der Waals surface area contributed by atoms with E-state index >= 15 is 0 Å². The smallest absolute Gasteiger partial charge is 0.312 e. The largest absolute Gasteiger partial charge is 0.352 e. The molecule has 0 radical (unpaired) electrons. The third kappa shape index (κ3) is 8.29. The summed E-state index contributed by atoms with van der Waals surface area (Å²) in [5, 5.41) is 8.36. The van der Waals surface area contributed by atoms with Crippen LogP contribution in [-0.2, 0) is 9.59 Å². The van der Waals surface area contributed by atoms with Crippen molar-refractivity contribution in [2.24, 2.45) is 11.7 Å². The van der Waals surface area contributed by atoms with Crippen LogP contribution in [0.25, 0.3) is 0 Å². The Bertz CT molecular complexity index is 358. The topological polar surface area (TPSA) is 113 Å². The molecule has 0 unspecified atom stereocenters. The molecular weight excluding hydrogens is 272 g/mol. The number of nitrogens with one attached hydrogen (secondary N) is 3. The van der Waals surface area contributed by atoms with Gasteiger partial charge in [0.15, 0.2) is 5.78 Å². The summed E-state index contributed by atoms with van der Waals surface area (Å²) in [7, 11) is 0.